The van der Waals surface area contributed by atoms with Gasteiger partial charge >= 0.3 is 0 Å². The van der Waals surface area contributed by atoms with Crippen molar-refractivity contribution in [2.75, 3.05) is 39.5 Å². The number of imide groups is 1. The van der Waals surface area contributed by atoms with Crippen LogP contribution in [0.4, 0.5) is 4.79 Å². The van der Waals surface area contributed by atoms with Gasteiger partial charge in [0.1, 0.15) is 18.9 Å². The molecule has 0 bridgehead atoms. The van der Waals surface area contributed by atoms with Gasteiger partial charge in [0.05, 0.1) is 25.3 Å². The third-order valence-corrected chi connectivity index (χ3v) is 6.66. The molecular weight excluding hydrogens is 622 g/mol. The lowest BCUT2D eigenvalue weighted by molar-refractivity contribution is -0.139. The molecule has 0 N–H and O–H groups in total. The standard InChI is InChI=1S/C19H16I2N2O5S/c1-2-5-28-17-13(20)8-12(9-14(17)21)10-15-18(25)23(19(26)29-15)11-16(24)22-3-6-27-7-4-22/h1,8-10H,3-7,11H2/b15-10-. The fourth-order valence-electron chi connectivity index (χ4n) is 2.75. The zero-order valence-corrected chi connectivity index (χ0v) is 20.3. The quantitative estimate of drug-likeness (QED) is 0.281. The van der Waals surface area contributed by atoms with E-state index in [2.05, 4.69) is 51.1 Å². The van der Waals surface area contributed by atoms with Gasteiger partial charge in [-0.3, -0.25) is 19.3 Å². The molecule has 0 aliphatic carbocycles. The van der Waals surface area contributed by atoms with Crippen molar-refractivity contribution >= 4 is 80.1 Å². The van der Waals surface area contributed by atoms with Crippen molar-refractivity contribution < 1.29 is 23.9 Å². The monoisotopic (exact) mass is 638 g/mol. The Morgan fingerprint density at radius 1 is 1.28 bits per heavy atom. The maximum Gasteiger partial charge on any atom is 0.294 e. The number of terminal acetylenes is 1. The molecule has 2 aliphatic heterocycles. The van der Waals surface area contributed by atoms with E-state index in [4.69, 9.17) is 15.9 Å². The van der Waals surface area contributed by atoms with Crippen LogP contribution in [0.1, 0.15) is 5.56 Å². The molecule has 2 fully saturated rings. The number of benzene rings is 1. The van der Waals surface area contributed by atoms with Crippen molar-refractivity contribution in [3.63, 3.8) is 0 Å². The van der Waals surface area contributed by atoms with E-state index in [1.165, 1.54) is 0 Å². The molecule has 7 nitrogen and oxygen atoms in total. The molecule has 1 aromatic rings. The summed E-state index contributed by atoms with van der Waals surface area (Å²) in [5.74, 6) is 2.40. The lowest BCUT2D eigenvalue weighted by Crippen LogP contribution is -2.46. The zero-order valence-electron chi connectivity index (χ0n) is 15.2. The first-order valence-corrected chi connectivity index (χ1v) is 11.5. The van der Waals surface area contributed by atoms with Gasteiger partial charge in [-0.1, -0.05) is 5.92 Å². The normalized spacial score (nSPS) is 18.3. The number of hydrogen-bond acceptors (Lipinski definition) is 6. The van der Waals surface area contributed by atoms with E-state index in [1.54, 1.807) is 11.0 Å². The van der Waals surface area contributed by atoms with E-state index in [9.17, 15) is 14.4 Å². The van der Waals surface area contributed by atoms with E-state index >= 15 is 0 Å². The number of nitrogens with zero attached hydrogens (tertiary/aromatic N) is 2. The number of hydrogen-bond donors (Lipinski definition) is 0. The van der Waals surface area contributed by atoms with Gasteiger partial charge in [-0.05, 0) is 80.7 Å². The zero-order chi connectivity index (χ0) is 21.0. The van der Waals surface area contributed by atoms with E-state index in [-0.39, 0.29) is 24.0 Å². The molecular formula is C19H16I2N2O5S. The predicted octanol–water partition coefficient (Wildman–Crippen LogP) is 2.80. The number of ether oxygens (including phenoxy) is 2. The van der Waals surface area contributed by atoms with Crippen LogP contribution in [0.25, 0.3) is 6.08 Å². The highest BCUT2D eigenvalue weighted by atomic mass is 127. The van der Waals surface area contributed by atoms with Crippen LogP contribution in [0.15, 0.2) is 17.0 Å². The number of morpholine rings is 1. The lowest BCUT2D eigenvalue weighted by Gasteiger charge is -2.28. The highest BCUT2D eigenvalue weighted by molar-refractivity contribution is 14.1. The van der Waals surface area contributed by atoms with Crippen LogP contribution >= 0.6 is 56.9 Å². The van der Waals surface area contributed by atoms with Crippen molar-refractivity contribution in [3.8, 4) is 18.1 Å². The number of thioether (sulfide) groups is 1. The second-order valence-electron chi connectivity index (χ2n) is 6.07. The van der Waals surface area contributed by atoms with Crippen LogP contribution in [-0.4, -0.2) is 66.3 Å². The third kappa shape index (κ3) is 5.44. The van der Waals surface area contributed by atoms with Gasteiger partial charge in [0, 0.05) is 13.1 Å². The van der Waals surface area contributed by atoms with Gasteiger partial charge in [-0.2, -0.15) is 0 Å². The second kappa shape index (κ2) is 10.1. The largest absolute Gasteiger partial charge is 0.479 e. The third-order valence-electron chi connectivity index (χ3n) is 4.15. The maximum absolute atomic E-state index is 12.7. The Morgan fingerprint density at radius 3 is 2.55 bits per heavy atom. The van der Waals surface area contributed by atoms with Gasteiger partial charge in [-0.15, -0.1) is 6.42 Å². The summed E-state index contributed by atoms with van der Waals surface area (Å²) < 4.78 is 12.5. The van der Waals surface area contributed by atoms with Crippen LogP contribution in [0, 0.1) is 19.5 Å². The summed E-state index contributed by atoms with van der Waals surface area (Å²) >= 11 is 5.11. The van der Waals surface area contributed by atoms with Crippen LogP contribution in [-0.2, 0) is 14.3 Å². The number of carbonyl (C=O) groups is 3. The maximum atomic E-state index is 12.7. The van der Waals surface area contributed by atoms with Crippen molar-refractivity contribution in [3.05, 3.63) is 29.7 Å². The van der Waals surface area contributed by atoms with Gasteiger partial charge in [0.25, 0.3) is 11.1 Å². The Kier molecular flexibility index (Phi) is 7.83. The fourth-order valence-corrected chi connectivity index (χ4v) is 5.72. The van der Waals surface area contributed by atoms with E-state index in [1.807, 2.05) is 12.1 Å². The van der Waals surface area contributed by atoms with Crippen LogP contribution < -0.4 is 4.74 Å². The second-order valence-corrected chi connectivity index (χ2v) is 9.39. The highest BCUT2D eigenvalue weighted by Crippen LogP contribution is 2.34. The molecule has 2 heterocycles. The minimum atomic E-state index is -0.459. The summed E-state index contributed by atoms with van der Waals surface area (Å²) in [6.45, 7) is 1.78. The van der Waals surface area contributed by atoms with Crippen molar-refractivity contribution in [2.45, 2.75) is 0 Å². The molecule has 0 atom stereocenters. The SMILES string of the molecule is C#CCOc1c(I)cc(/C=C2\SC(=O)N(CC(=O)N3CCOCC3)C2=O)cc1I. The molecule has 0 spiro atoms. The number of amides is 3. The van der Waals surface area contributed by atoms with Gasteiger partial charge < -0.3 is 14.4 Å². The van der Waals surface area contributed by atoms with Crippen molar-refractivity contribution in [1.82, 2.24) is 9.80 Å². The first-order valence-electron chi connectivity index (χ1n) is 8.57. The summed E-state index contributed by atoms with van der Waals surface area (Å²) in [4.78, 5) is 40.3. The molecule has 2 saturated heterocycles. The van der Waals surface area contributed by atoms with Crippen LogP contribution in [0.3, 0.4) is 0 Å². The molecule has 1 aromatic carbocycles. The first kappa shape index (κ1) is 22.4. The van der Waals surface area contributed by atoms with Crippen molar-refractivity contribution in [2.24, 2.45) is 0 Å². The Labute approximate surface area is 199 Å². The molecule has 29 heavy (non-hydrogen) atoms. The average molecular weight is 638 g/mol. The summed E-state index contributed by atoms with van der Waals surface area (Å²) in [5, 5.41) is -0.443. The fraction of sp³-hybridized carbons (Fsp3) is 0.316. The Hall–Kier alpha value is -1.30. The van der Waals surface area contributed by atoms with E-state index < -0.39 is 11.1 Å². The Balaban J connectivity index is 1.74. The number of rotatable bonds is 5. The number of halogens is 2. The average Bonchev–Trinajstić information content (AvgIpc) is 2.95. The molecule has 0 aromatic heterocycles. The van der Waals surface area contributed by atoms with Crippen LogP contribution in [0.5, 0.6) is 5.75 Å². The van der Waals surface area contributed by atoms with Crippen LogP contribution in [0.2, 0.25) is 0 Å². The smallest absolute Gasteiger partial charge is 0.294 e. The summed E-state index contributed by atoms with van der Waals surface area (Å²) in [5.41, 5.74) is 0.761. The molecule has 0 radical (unpaired) electrons. The van der Waals surface area contributed by atoms with E-state index in [0.29, 0.717) is 32.1 Å². The van der Waals surface area contributed by atoms with Crippen molar-refractivity contribution in [1.29, 1.82) is 0 Å². The predicted molar refractivity (Wildman–Crippen MR) is 126 cm³/mol. The summed E-state index contributed by atoms with van der Waals surface area (Å²) in [7, 11) is 0. The molecule has 152 valence electrons. The molecule has 0 saturated carbocycles. The summed E-state index contributed by atoms with van der Waals surface area (Å²) in [6, 6.07) is 3.70. The Morgan fingerprint density at radius 2 is 1.93 bits per heavy atom. The highest BCUT2D eigenvalue weighted by Gasteiger charge is 2.37. The minimum Gasteiger partial charge on any atom is -0.479 e. The lowest BCUT2D eigenvalue weighted by atomic mass is 10.2. The molecule has 3 rings (SSSR count). The van der Waals surface area contributed by atoms with Gasteiger partial charge in [0.15, 0.2) is 0 Å². The minimum absolute atomic E-state index is 0.168. The molecule has 3 amide bonds. The first-order chi connectivity index (χ1) is 13.9. The Bertz CT molecular complexity index is 899. The van der Waals surface area contributed by atoms with Gasteiger partial charge in [0.2, 0.25) is 5.91 Å². The molecule has 0 unspecified atom stereocenters. The number of carbonyl (C=O) groups excluding carboxylic acids is 3. The van der Waals surface area contributed by atoms with E-state index in [0.717, 1.165) is 29.4 Å². The topological polar surface area (TPSA) is 76.2 Å². The molecule has 2 aliphatic rings. The summed E-state index contributed by atoms with van der Waals surface area (Å²) in [6.07, 6.45) is 6.89. The molecule has 10 heteroatoms. The van der Waals surface area contributed by atoms with Gasteiger partial charge in [-0.25, -0.2) is 0 Å².